The van der Waals surface area contributed by atoms with Gasteiger partial charge < -0.3 is 14.7 Å². The van der Waals surface area contributed by atoms with Crippen molar-refractivity contribution in [2.45, 2.75) is 90.2 Å². The fourth-order valence-corrected chi connectivity index (χ4v) is 11.9. The van der Waals surface area contributed by atoms with Crippen molar-refractivity contribution >= 4 is 85.1 Å². The van der Waals surface area contributed by atoms with E-state index in [1.54, 1.807) is 42.5 Å². The van der Waals surface area contributed by atoms with Gasteiger partial charge >= 0.3 is 5.97 Å². The van der Waals surface area contributed by atoms with Crippen LogP contribution in [0.1, 0.15) is 70.9 Å². The molecule has 4 aromatic rings. The fourth-order valence-electron chi connectivity index (χ4n) is 9.21. The number of aliphatic carboxylic acids is 1. The van der Waals surface area contributed by atoms with E-state index in [-0.39, 0.29) is 34.6 Å². The Balaban J connectivity index is 1.40. The van der Waals surface area contributed by atoms with Gasteiger partial charge in [-0.2, -0.15) is 38.2 Å². The number of rotatable bonds is 18. The van der Waals surface area contributed by atoms with E-state index < -0.39 is 76.9 Å². The highest BCUT2D eigenvalue weighted by atomic mass is 32.2. The molecule has 2 aliphatic heterocycles. The van der Waals surface area contributed by atoms with Gasteiger partial charge in [0.15, 0.2) is 5.71 Å². The van der Waals surface area contributed by atoms with E-state index in [4.69, 9.17) is 4.74 Å². The van der Waals surface area contributed by atoms with Gasteiger partial charge in [-0.3, -0.25) is 23.0 Å². The number of benzene rings is 4. The van der Waals surface area contributed by atoms with Gasteiger partial charge in [0, 0.05) is 72.0 Å². The van der Waals surface area contributed by atoms with Gasteiger partial charge in [0.25, 0.3) is 40.5 Å². The van der Waals surface area contributed by atoms with E-state index >= 15 is 0 Å². The molecule has 0 fully saturated rings. The molecule has 0 amide bonds. The molecular formula is C45H51N2O15S4+. The molecule has 0 radical (unpaired) electrons. The summed E-state index contributed by atoms with van der Waals surface area (Å²) in [6, 6.07) is 10.1. The van der Waals surface area contributed by atoms with Gasteiger partial charge in [0.05, 0.1) is 15.2 Å². The summed E-state index contributed by atoms with van der Waals surface area (Å²) in [6.45, 7) is 8.69. The maximum absolute atomic E-state index is 12.6. The minimum Gasteiger partial charge on any atom is -0.481 e. The van der Waals surface area contributed by atoms with Crippen molar-refractivity contribution in [3.05, 3.63) is 108 Å². The zero-order valence-corrected chi connectivity index (χ0v) is 39.9. The molecule has 5 N–H and O–H groups in total. The Kier molecular flexibility index (Phi) is 14.1. The molecule has 0 saturated heterocycles. The number of hydrogen-bond donors (Lipinski definition) is 5. The van der Waals surface area contributed by atoms with Crippen LogP contribution >= 0.6 is 0 Å². The van der Waals surface area contributed by atoms with Crippen LogP contribution in [0.2, 0.25) is 0 Å². The summed E-state index contributed by atoms with van der Waals surface area (Å²) >= 11 is 0. The Labute approximate surface area is 384 Å². The van der Waals surface area contributed by atoms with Gasteiger partial charge in [-0.25, -0.2) is 0 Å². The third-order valence-corrected chi connectivity index (χ3v) is 15.6. The molecule has 0 spiro atoms. The van der Waals surface area contributed by atoms with Crippen LogP contribution in [0.5, 0.6) is 0 Å². The van der Waals surface area contributed by atoms with Crippen molar-refractivity contribution in [2.24, 2.45) is 0 Å². The lowest BCUT2D eigenvalue weighted by Gasteiger charge is -2.30. The number of carboxylic acids is 1. The molecule has 0 aromatic heterocycles. The van der Waals surface area contributed by atoms with E-state index in [1.165, 1.54) is 31.4 Å². The highest BCUT2D eigenvalue weighted by Gasteiger charge is 2.47. The highest BCUT2D eigenvalue weighted by molar-refractivity contribution is 7.87. The minimum absolute atomic E-state index is 0.0112. The lowest BCUT2D eigenvalue weighted by Crippen LogP contribution is -2.30. The predicted octanol–water partition coefficient (Wildman–Crippen LogP) is 7.39. The van der Waals surface area contributed by atoms with Gasteiger partial charge in [-0.1, -0.05) is 42.9 Å². The first-order chi connectivity index (χ1) is 30.7. The normalized spacial score (nSPS) is 18.6. The van der Waals surface area contributed by atoms with Crippen LogP contribution in [0.25, 0.3) is 21.5 Å². The summed E-state index contributed by atoms with van der Waals surface area (Å²) < 4.78 is 147. The Hall–Kier alpha value is -5.10. The summed E-state index contributed by atoms with van der Waals surface area (Å²) in [7, 11) is -18.2. The topological polar surface area (TPSA) is 270 Å². The number of carboxylic acid groups (broad SMARTS) is 1. The van der Waals surface area contributed by atoms with Crippen LogP contribution in [0.4, 0.5) is 11.4 Å². The molecule has 4 aromatic carbocycles. The van der Waals surface area contributed by atoms with Crippen molar-refractivity contribution in [1.82, 2.24) is 0 Å². The van der Waals surface area contributed by atoms with E-state index in [9.17, 15) is 61.8 Å². The van der Waals surface area contributed by atoms with E-state index in [2.05, 4.69) is 0 Å². The molecule has 17 nitrogen and oxygen atoms in total. The van der Waals surface area contributed by atoms with Crippen LogP contribution in [0, 0.1) is 0 Å². The number of unbranched alkanes of at least 4 members (excludes halogenated alkanes) is 2. The number of methoxy groups -OCH3 is 1. The molecule has 1 atom stereocenters. The van der Waals surface area contributed by atoms with Gasteiger partial charge in [0.2, 0.25) is 5.69 Å². The van der Waals surface area contributed by atoms with Gasteiger partial charge in [0.1, 0.15) is 16.3 Å². The average Bonchev–Trinajstić information content (AvgIpc) is 3.59. The molecule has 0 saturated carbocycles. The smallest absolute Gasteiger partial charge is 0.303 e. The molecule has 0 bridgehead atoms. The molecule has 66 heavy (non-hydrogen) atoms. The summed E-state index contributed by atoms with van der Waals surface area (Å²) in [6.07, 6.45) is 14.5. The second-order valence-electron chi connectivity index (χ2n) is 16.7. The SMILES string of the molecule is CC[N+]1=C(/C=C/C=C/C=C/C=C2/N(CCCCCC(=O)O)c3ccc4c(S(=O)(=O)O)cc(S(=O)(=O)O)cc4c3C2(C)CCOC)C(C)(C)c2c1ccc1c(S(=O)(=O)O)cc(S(=O)(=O)O)cc21. The summed E-state index contributed by atoms with van der Waals surface area (Å²) in [4.78, 5) is 10.5. The lowest BCUT2D eigenvalue weighted by atomic mass is 9.76. The molecular weight excluding hydrogens is 937 g/mol. The predicted molar refractivity (Wildman–Crippen MR) is 248 cm³/mol. The van der Waals surface area contributed by atoms with E-state index in [0.29, 0.717) is 67.3 Å². The summed E-state index contributed by atoms with van der Waals surface area (Å²) in [5, 5.41) is 9.70. The van der Waals surface area contributed by atoms with Crippen molar-refractivity contribution in [3.63, 3.8) is 0 Å². The highest BCUT2D eigenvalue weighted by Crippen LogP contribution is 2.54. The second kappa shape index (κ2) is 18.5. The maximum Gasteiger partial charge on any atom is 0.303 e. The first-order valence-electron chi connectivity index (χ1n) is 20.7. The number of ether oxygens (including phenoxy) is 1. The summed E-state index contributed by atoms with van der Waals surface area (Å²) in [5.74, 6) is -0.918. The largest absolute Gasteiger partial charge is 0.481 e. The molecule has 6 rings (SSSR count). The summed E-state index contributed by atoms with van der Waals surface area (Å²) in [5.41, 5.74) is 2.12. The molecule has 21 heteroatoms. The van der Waals surface area contributed by atoms with Gasteiger partial charge in [-0.15, -0.1) is 0 Å². The maximum atomic E-state index is 12.6. The minimum atomic E-state index is -4.98. The Morgan fingerprint density at radius 3 is 1.77 bits per heavy atom. The van der Waals surface area contributed by atoms with Crippen molar-refractivity contribution < 1.29 is 71.1 Å². The van der Waals surface area contributed by atoms with Crippen LogP contribution in [0.3, 0.4) is 0 Å². The number of anilines is 1. The quantitative estimate of drug-likeness (QED) is 0.0281. The molecule has 2 aliphatic rings. The molecule has 0 aliphatic carbocycles. The van der Waals surface area contributed by atoms with Crippen molar-refractivity contribution in [3.8, 4) is 0 Å². The number of nitrogens with zero attached hydrogens (tertiary/aromatic N) is 2. The Morgan fingerprint density at radius 1 is 0.697 bits per heavy atom. The Morgan fingerprint density at radius 2 is 1.24 bits per heavy atom. The fraction of sp³-hybridized carbons (Fsp3) is 0.333. The zero-order chi connectivity index (χ0) is 48.8. The lowest BCUT2D eigenvalue weighted by molar-refractivity contribution is -0.433. The van der Waals surface area contributed by atoms with Crippen LogP contribution in [0.15, 0.2) is 116 Å². The van der Waals surface area contributed by atoms with E-state index in [1.807, 2.05) is 49.3 Å². The number of hydrogen-bond acceptors (Lipinski definition) is 11. The van der Waals surface area contributed by atoms with Crippen LogP contribution in [-0.4, -0.2) is 100 Å². The average molecular weight is 988 g/mol. The van der Waals surface area contributed by atoms with Crippen molar-refractivity contribution in [2.75, 3.05) is 31.7 Å². The zero-order valence-electron chi connectivity index (χ0n) is 36.7. The third kappa shape index (κ3) is 9.81. The van der Waals surface area contributed by atoms with Crippen LogP contribution < -0.4 is 4.90 Å². The molecule has 354 valence electrons. The van der Waals surface area contributed by atoms with E-state index in [0.717, 1.165) is 17.5 Å². The standard InChI is InChI=1S/C45H50N2O15S4/c1-6-46-35-20-18-31-33(25-29(63(50,51)52)27-37(31)65(56,57)58)42(35)44(2,3)39(46)15-11-8-7-9-12-16-40-45(4,22-24-62-5)43-34-26-30(64(53,54)55)28-38(66(59,60)61)32(34)19-21-36(43)47(40)23-14-10-13-17-41(48)49/h7-9,11-12,15-16,18-21,25-28H,6,10,13-14,17,22-24H2,1-5H3,(H4-,48,49,50,51,52,53,54,55,56,57,58,59,60,61)/p+1. The number of allylic oxidation sites excluding steroid dienone is 8. The van der Waals surface area contributed by atoms with Crippen molar-refractivity contribution in [1.29, 1.82) is 0 Å². The molecule has 1 unspecified atom stereocenters. The monoisotopic (exact) mass is 987 g/mol. The second-order valence-corrected chi connectivity index (χ2v) is 22.3. The first kappa shape index (κ1) is 50.3. The Bertz CT molecular complexity index is 3280. The first-order valence-corrected chi connectivity index (χ1v) is 26.4. The number of fused-ring (bicyclic) bond motifs is 6. The number of carbonyl (C=O) groups is 1. The van der Waals surface area contributed by atoms with Crippen LogP contribution in [-0.2, 0) is 60.8 Å². The molecule has 2 heterocycles. The van der Waals surface area contributed by atoms with Gasteiger partial charge in [-0.05, 0) is 106 Å². The third-order valence-electron chi connectivity index (χ3n) is 12.1.